The lowest BCUT2D eigenvalue weighted by molar-refractivity contribution is 0.0679. The van der Waals surface area contributed by atoms with Crippen LogP contribution in [0.2, 0.25) is 0 Å². The lowest BCUT2D eigenvalue weighted by Crippen LogP contribution is -2.31. The molecule has 0 aliphatic heterocycles. The van der Waals surface area contributed by atoms with Crippen molar-refractivity contribution < 1.29 is 9.90 Å². The minimum absolute atomic E-state index is 0.0290. The molecule has 0 radical (unpaired) electrons. The van der Waals surface area contributed by atoms with Crippen molar-refractivity contribution in [2.24, 2.45) is 0 Å². The van der Waals surface area contributed by atoms with E-state index in [1.165, 1.54) is 17.8 Å². The first-order chi connectivity index (χ1) is 10.0. The van der Waals surface area contributed by atoms with E-state index in [0.29, 0.717) is 5.39 Å². The summed E-state index contributed by atoms with van der Waals surface area (Å²) in [7, 11) is 0. The van der Waals surface area contributed by atoms with Crippen LogP contribution in [0.4, 0.5) is 0 Å². The molecule has 0 spiro atoms. The standard InChI is InChI=1S/C16H19NO3S/c1-9-10(2)21-13-8-12(16(19)20)17(15(18)14(9)13)11-6-4-3-5-7-11/h8,11H,3-7H2,1-2H3,(H,19,20). The number of aryl methyl sites for hydroxylation is 2. The quantitative estimate of drug-likeness (QED) is 0.916. The molecule has 1 saturated carbocycles. The first kappa shape index (κ1) is 14.3. The average Bonchev–Trinajstić information content (AvgIpc) is 2.75. The van der Waals surface area contributed by atoms with Crippen LogP contribution in [0.25, 0.3) is 10.1 Å². The maximum atomic E-state index is 12.9. The fourth-order valence-electron chi connectivity index (χ4n) is 3.31. The first-order valence-corrected chi connectivity index (χ1v) is 8.21. The number of rotatable bonds is 2. The predicted octanol–water partition coefficient (Wildman–Crippen LogP) is 3.88. The number of aromatic nitrogens is 1. The fraction of sp³-hybridized carbons (Fsp3) is 0.500. The maximum absolute atomic E-state index is 12.9. The Kier molecular flexibility index (Phi) is 3.61. The van der Waals surface area contributed by atoms with Gasteiger partial charge in [0, 0.05) is 15.6 Å². The van der Waals surface area contributed by atoms with Gasteiger partial charge < -0.3 is 5.11 Å². The topological polar surface area (TPSA) is 59.3 Å². The highest BCUT2D eigenvalue weighted by molar-refractivity contribution is 7.19. The van der Waals surface area contributed by atoms with E-state index < -0.39 is 5.97 Å². The van der Waals surface area contributed by atoms with Crippen molar-refractivity contribution in [3.05, 3.63) is 32.6 Å². The molecule has 4 nitrogen and oxygen atoms in total. The number of aromatic carboxylic acids is 1. The van der Waals surface area contributed by atoms with Crippen LogP contribution in [-0.2, 0) is 0 Å². The van der Waals surface area contributed by atoms with Gasteiger partial charge >= 0.3 is 5.97 Å². The summed E-state index contributed by atoms with van der Waals surface area (Å²) in [5.41, 5.74) is 1.00. The third kappa shape index (κ3) is 2.29. The molecule has 0 unspecified atom stereocenters. The smallest absolute Gasteiger partial charge is 0.352 e. The van der Waals surface area contributed by atoms with E-state index in [1.807, 2.05) is 13.8 Å². The number of hydrogen-bond donors (Lipinski definition) is 1. The van der Waals surface area contributed by atoms with E-state index in [4.69, 9.17) is 0 Å². The van der Waals surface area contributed by atoms with Gasteiger partial charge in [0.1, 0.15) is 5.69 Å². The van der Waals surface area contributed by atoms with Gasteiger partial charge in [-0.2, -0.15) is 0 Å². The molecule has 2 heterocycles. The van der Waals surface area contributed by atoms with E-state index in [1.54, 1.807) is 10.6 Å². The third-order valence-corrected chi connectivity index (χ3v) is 5.69. The molecular formula is C16H19NO3S. The average molecular weight is 305 g/mol. The largest absolute Gasteiger partial charge is 0.477 e. The summed E-state index contributed by atoms with van der Waals surface area (Å²) in [5, 5.41) is 10.2. The predicted molar refractivity (Wildman–Crippen MR) is 84.6 cm³/mol. The van der Waals surface area contributed by atoms with Gasteiger partial charge in [0.15, 0.2) is 0 Å². The highest BCUT2D eigenvalue weighted by Crippen LogP contribution is 2.32. The van der Waals surface area contributed by atoms with Crippen molar-refractivity contribution in [2.45, 2.75) is 52.0 Å². The van der Waals surface area contributed by atoms with Crippen LogP contribution in [0, 0.1) is 13.8 Å². The van der Waals surface area contributed by atoms with Crippen LogP contribution in [0.1, 0.15) is 59.1 Å². The lowest BCUT2D eigenvalue weighted by Gasteiger charge is -2.25. The van der Waals surface area contributed by atoms with Crippen LogP contribution < -0.4 is 5.56 Å². The Labute approximate surface area is 127 Å². The third-order valence-electron chi connectivity index (χ3n) is 4.53. The zero-order valence-electron chi connectivity index (χ0n) is 12.3. The molecule has 112 valence electrons. The van der Waals surface area contributed by atoms with Gasteiger partial charge in [-0.25, -0.2) is 4.79 Å². The molecule has 1 aliphatic rings. The van der Waals surface area contributed by atoms with Crippen LogP contribution >= 0.6 is 11.3 Å². The van der Waals surface area contributed by atoms with Gasteiger partial charge in [-0.1, -0.05) is 19.3 Å². The molecular weight excluding hydrogens is 286 g/mol. The number of carbonyl (C=O) groups is 1. The molecule has 2 aromatic heterocycles. The molecule has 1 fully saturated rings. The van der Waals surface area contributed by atoms with Crippen molar-refractivity contribution in [1.82, 2.24) is 4.57 Å². The van der Waals surface area contributed by atoms with Crippen molar-refractivity contribution in [3.8, 4) is 0 Å². The monoisotopic (exact) mass is 305 g/mol. The summed E-state index contributed by atoms with van der Waals surface area (Å²) in [5.74, 6) is -1.01. The van der Waals surface area contributed by atoms with Crippen molar-refractivity contribution in [2.75, 3.05) is 0 Å². The van der Waals surface area contributed by atoms with Crippen LogP contribution in [0.5, 0.6) is 0 Å². The Morgan fingerprint density at radius 3 is 2.57 bits per heavy atom. The minimum atomic E-state index is -1.01. The van der Waals surface area contributed by atoms with Crippen molar-refractivity contribution >= 4 is 27.4 Å². The molecule has 0 atom stereocenters. The van der Waals surface area contributed by atoms with E-state index in [2.05, 4.69) is 0 Å². The summed E-state index contributed by atoms with van der Waals surface area (Å²) in [6.45, 7) is 3.92. The second-order valence-electron chi connectivity index (χ2n) is 5.82. The fourth-order valence-corrected chi connectivity index (χ4v) is 4.41. The van der Waals surface area contributed by atoms with Crippen molar-refractivity contribution in [1.29, 1.82) is 0 Å². The summed E-state index contributed by atoms with van der Waals surface area (Å²) in [6.07, 6.45) is 5.10. The molecule has 21 heavy (non-hydrogen) atoms. The number of thiophene rings is 1. The second-order valence-corrected chi connectivity index (χ2v) is 7.08. The molecule has 5 heteroatoms. The molecule has 0 amide bonds. The van der Waals surface area contributed by atoms with Crippen LogP contribution in [0.3, 0.4) is 0 Å². The number of fused-ring (bicyclic) bond motifs is 1. The van der Waals surface area contributed by atoms with E-state index >= 15 is 0 Å². The summed E-state index contributed by atoms with van der Waals surface area (Å²) in [4.78, 5) is 25.6. The number of carboxylic acid groups (broad SMARTS) is 1. The zero-order chi connectivity index (χ0) is 15.1. The molecule has 1 N–H and O–H groups in total. The van der Waals surface area contributed by atoms with Gasteiger partial charge in [0.05, 0.1) is 5.39 Å². The molecule has 2 aromatic rings. The first-order valence-electron chi connectivity index (χ1n) is 7.39. The highest BCUT2D eigenvalue weighted by atomic mass is 32.1. The summed E-state index contributed by atoms with van der Waals surface area (Å²) >= 11 is 1.50. The SMILES string of the molecule is Cc1sc2cc(C(=O)O)n(C3CCCCC3)c(=O)c2c1C. The van der Waals surface area contributed by atoms with Crippen LogP contribution in [-0.4, -0.2) is 15.6 Å². The second kappa shape index (κ2) is 5.30. The molecule has 0 bridgehead atoms. The molecule has 0 aromatic carbocycles. The Bertz CT molecular complexity index is 766. The molecule has 3 rings (SSSR count). The van der Waals surface area contributed by atoms with Crippen LogP contribution in [0.15, 0.2) is 10.9 Å². The number of carboxylic acids is 1. The summed E-state index contributed by atoms with van der Waals surface area (Å²) < 4.78 is 2.34. The molecule has 0 saturated heterocycles. The Morgan fingerprint density at radius 1 is 1.29 bits per heavy atom. The summed E-state index contributed by atoms with van der Waals surface area (Å²) in [6, 6.07) is 1.71. The Hall–Kier alpha value is -1.62. The van der Waals surface area contributed by atoms with E-state index in [0.717, 1.165) is 40.8 Å². The number of hydrogen-bond acceptors (Lipinski definition) is 3. The maximum Gasteiger partial charge on any atom is 0.352 e. The van der Waals surface area contributed by atoms with Gasteiger partial charge in [0.25, 0.3) is 5.56 Å². The minimum Gasteiger partial charge on any atom is -0.477 e. The van der Waals surface area contributed by atoms with Gasteiger partial charge in [-0.3, -0.25) is 9.36 Å². The lowest BCUT2D eigenvalue weighted by atomic mass is 9.94. The van der Waals surface area contributed by atoms with E-state index in [9.17, 15) is 14.7 Å². The Morgan fingerprint density at radius 2 is 1.95 bits per heavy atom. The van der Waals surface area contributed by atoms with Gasteiger partial charge in [0.2, 0.25) is 0 Å². The van der Waals surface area contributed by atoms with Crippen molar-refractivity contribution in [3.63, 3.8) is 0 Å². The number of pyridine rings is 1. The zero-order valence-corrected chi connectivity index (χ0v) is 13.1. The van der Waals surface area contributed by atoms with Gasteiger partial charge in [-0.15, -0.1) is 11.3 Å². The Balaban J connectivity index is 2.31. The normalized spacial score (nSPS) is 16.5. The number of nitrogens with zero attached hydrogens (tertiary/aromatic N) is 1. The highest BCUT2D eigenvalue weighted by Gasteiger charge is 2.24. The van der Waals surface area contributed by atoms with E-state index in [-0.39, 0.29) is 17.3 Å². The van der Waals surface area contributed by atoms with Gasteiger partial charge in [-0.05, 0) is 38.3 Å². The molecule has 1 aliphatic carbocycles.